The molecule has 0 aliphatic carbocycles. The Morgan fingerprint density at radius 1 is 1.29 bits per heavy atom. The number of nitrogens with zero attached hydrogens (tertiary/aromatic N) is 2. The van der Waals surface area contributed by atoms with Gasteiger partial charge in [-0.2, -0.15) is 5.26 Å². The average Bonchev–Trinajstić information content (AvgIpc) is 2.61. The van der Waals surface area contributed by atoms with Crippen LogP contribution in [0.3, 0.4) is 0 Å². The molecule has 1 aromatic heterocycles. The highest BCUT2D eigenvalue weighted by atomic mass is 35.5. The molecule has 0 bridgehead atoms. The monoisotopic (exact) mass is 340 g/mol. The van der Waals surface area contributed by atoms with Gasteiger partial charge in [-0.15, -0.1) is 0 Å². The molecule has 4 nitrogen and oxygen atoms in total. The maximum absolute atomic E-state index is 14.4. The normalized spacial score (nSPS) is 10.4. The summed E-state index contributed by atoms with van der Waals surface area (Å²) in [5.41, 5.74) is 1.72. The van der Waals surface area contributed by atoms with Gasteiger partial charge in [0, 0.05) is 22.7 Å². The maximum atomic E-state index is 14.4. The van der Waals surface area contributed by atoms with Crippen LogP contribution in [0.4, 0.5) is 4.39 Å². The Kier molecular flexibility index (Phi) is 4.15. The first-order valence-corrected chi connectivity index (χ1v) is 7.29. The minimum Gasteiger partial charge on any atom is -0.465 e. The molecule has 0 saturated heterocycles. The lowest BCUT2D eigenvalue weighted by molar-refractivity contribution is 0.0601. The molecule has 0 N–H and O–H groups in total. The van der Waals surface area contributed by atoms with E-state index in [1.807, 2.05) is 6.07 Å². The highest BCUT2D eigenvalue weighted by Gasteiger charge is 2.16. The van der Waals surface area contributed by atoms with Crippen LogP contribution < -0.4 is 0 Å². The first-order valence-electron chi connectivity index (χ1n) is 6.91. The van der Waals surface area contributed by atoms with E-state index in [0.717, 1.165) is 6.07 Å². The number of rotatable bonds is 2. The lowest BCUT2D eigenvalue weighted by atomic mass is 9.98. The van der Waals surface area contributed by atoms with E-state index in [0.29, 0.717) is 22.0 Å². The molecule has 0 saturated carbocycles. The molecule has 0 atom stereocenters. The molecule has 0 unspecified atom stereocenters. The third-order valence-corrected chi connectivity index (χ3v) is 3.90. The van der Waals surface area contributed by atoms with Crippen LogP contribution in [-0.4, -0.2) is 18.1 Å². The van der Waals surface area contributed by atoms with Crippen molar-refractivity contribution < 1.29 is 13.9 Å². The van der Waals surface area contributed by atoms with Crippen LogP contribution in [0.1, 0.15) is 15.9 Å². The summed E-state index contributed by atoms with van der Waals surface area (Å²) in [4.78, 5) is 16.0. The van der Waals surface area contributed by atoms with Crippen molar-refractivity contribution in [3.63, 3.8) is 0 Å². The zero-order valence-electron chi connectivity index (χ0n) is 12.5. The van der Waals surface area contributed by atoms with Gasteiger partial charge >= 0.3 is 5.97 Å². The number of nitriles is 1. The fourth-order valence-corrected chi connectivity index (χ4v) is 2.73. The summed E-state index contributed by atoms with van der Waals surface area (Å²) in [5, 5.41) is 9.64. The summed E-state index contributed by atoms with van der Waals surface area (Å²) in [6, 6.07) is 10.8. The van der Waals surface area contributed by atoms with Crippen LogP contribution in [0.15, 0.2) is 42.6 Å². The molecule has 3 aromatic rings. The van der Waals surface area contributed by atoms with Crippen molar-refractivity contribution in [2.75, 3.05) is 7.11 Å². The lowest BCUT2D eigenvalue weighted by Crippen LogP contribution is -2.01. The molecule has 0 fully saturated rings. The molecule has 118 valence electrons. The molecule has 6 heteroatoms. The summed E-state index contributed by atoms with van der Waals surface area (Å²) in [5.74, 6) is -1.09. The number of halogens is 2. The molecule has 2 aromatic carbocycles. The van der Waals surface area contributed by atoms with Crippen LogP contribution in [0, 0.1) is 17.1 Å². The predicted molar refractivity (Wildman–Crippen MR) is 88.2 cm³/mol. The van der Waals surface area contributed by atoms with Crippen LogP contribution in [0.5, 0.6) is 0 Å². The van der Waals surface area contributed by atoms with Crippen molar-refractivity contribution in [3.05, 3.63) is 64.6 Å². The summed E-state index contributed by atoms with van der Waals surface area (Å²) < 4.78 is 19.1. The Labute approximate surface area is 142 Å². The Balaban J connectivity index is 2.32. The molecule has 0 spiro atoms. The number of benzene rings is 2. The Morgan fingerprint density at radius 2 is 2.08 bits per heavy atom. The minimum absolute atomic E-state index is 0.209. The molecule has 1 heterocycles. The quantitative estimate of drug-likeness (QED) is 0.650. The number of hydrogen-bond acceptors (Lipinski definition) is 4. The number of carbonyl (C=O) groups excluding carboxylic acids is 1. The smallest absolute Gasteiger partial charge is 0.337 e. The predicted octanol–water partition coefficient (Wildman–Crippen LogP) is 4.35. The van der Waals surface area contributed by atoms with Crippen molar-refractivity contribution >= 4 is 28.5 Å². The second-order valence-corrected chi connectivity index (χ2v) is 5.42. The van der Waals surface area contributed by atoms with E-state index >= 15 is 0 Å². The van der Waals surface area contributed by atoms with E-state index in [9.17, 15) is 9.18 Å². The van der Waals surface area contributed by atoms with E-state index in [-0.39, 0.29) is 16.1 Å². The van der Waals surface area contributed by atoms with Crippen LogP contribution >= 0.6 is 11.6 Å². The number of ether oxygens (including phenoxy) is 1. The van der Waals surface area contributed by atoms with Gasteiger partial charge in [-0.1, -0.05) is 17.7 Å². The number of esters is 1. The van der Waals surface area contributed by atoms with E-state index in [1.165, 1.54) is 25.4 Å². The van der Waals surface area contributed by atoms with Gasteiger partial charge in [-0.25, -0.2) is 9.18 Å². The Bertz CT molecular complexity index is 1010. The molecule has 0 aliphatic rings. The number of aromatic nitrogens is 1. The van der Waals surface area contributed by atoms with Crippen LogP contribution in [0.25, 0.3) is 22.0 Å². The zero-order valence-corrected chi connectivity index (χ0v) is 13.3. The second-order valence-electron chi connectivity index (χ2n) is 5.01. The van der Waals surface area contributed by atoms with Gasteiger partial charge in [0.1, 0.15) is 5.82 Å². The number of fused-ring (bicyclic) bond motifs is 1. The van der Waals surface area contributed by atoms with Crippen LogP contribution in [0.2, 0.25) is 5.02 Å². The van der Waals surface area contributed by atoms with Gasteiger partial charge in [0.25, 0.3) is 0 Å². The Morgan fingerprint density at radius 3 is 2.75 bits per heavy atom. The highest BCUT2D eigenvalue weighted by Crippen LogP contribution is 2.36. The number of methoxy groups -OCH3 is 1. The molecule has 3 rings (SSSR count). The fourth-order valence-electron chi connectivity index (χ4n) is 2.47. The van der Waals surface area contributed by atoms with Gasteiger partial charge < -0.3 is 4.74 Å². The van der Waals surface area contributed by atoms with Gasteiger partial charge in [0.15, 0.2) is 0 Å². The van der Waals surface area contributed by atoms with Crippen LogP contribution in [-0.2, 0) is 4.74 Å². The molecule has 0 aliphatic heterocycles. The van der Waals surface area contributed by atoms with Gasteiger partial charge in [-0.05, 0) is 30.3 Å². The SMILES string of the molecule is COC(=O)c1ccc2ncc(Cl)c(-c3ccc(C#N)cc3F)c2c1. The third-order valence-electron chi connectivity index (χ3n) is 3.61. The lowest BCUT2D eigenvalue weighted by Gasteiger charge is -2.11. The minimum atomic E-state index is -0.577. The first kappa shape index (κ1) is 15.9. The number of pyridine rings is 1. The van der Waals surface area contributed by atoms with E-state index in [1.54, 1.807) is 18.2 Å². The summed E-state index contributed by atoms with van der Waals surface area (Å²) in [7, 11) is 1.28. The summed E-state index contributed by atoms with van der Waals surface area (Å²) in [6.45, 7) is 0. The topological polar surface area (TPSA) is 63.0 Å². The summed E-state index contributed by atoms with van der Waals surface area (Å²) >= 11 is 6.24. The first-order chi connectivity index (χ1) is 11.5. The fraction of sp³-hybridized carbons (Fsp3) is 0.0556. The summed E-state index contributed by atoms with van der Waals surface area (Å²) in [6.07, 6.45) is 1.43. The van der Waals surface area contributed by atoms with Crippen molar-refractivity contribution in [1.82, 2.24) is 4.98 Å². The van der Waals surface area contributed by atoms with Gasteiger partial charge in [0.2, 0.25) is 0 Å². The van der Waals surface area contributed by atoms with Crippen molar-refractivity contribution in [3.8, 4) is 17.2 Å². The zero-order chi connectivity index (χ0) is 17.3. The van der Waals surface area contributed by atoms with Crippen molar-refractivity contribution in [2.24, 2.45) is 0 Å². The second kappa shape index (κ2) is 6.26. The van der Waals surface area contributed by atoms with E-state index in [4.69, 9.17) is 21.6 Å². The molecule has 0 radical (unpaired) electrons. The standard InChI is InChI=1S/C18H10ClFN2O2/c1-24-18(23)11-3-5-16-13(7-11)17(14(19)9-22-16)12-4-2-10(8-21)6-15(12)20/h2-7,9H,1H3. The van der Waals surface area contributed by atoms with E-state index < -0.39 is 11.8 Å². The largest absolute Gasteiger partial charge is 0.465 e. The van der Waals surface area contributed by atoms with E-state index in [2.05, 4.69) is 4.98 Å². The van der Waals surface area contributed by atoms with Crippen molar-refractivity contribution in [2.45, 2.75) is 0 Å². The van der Waals surface area contributed by atoms with Gasteiger partial charge in [-0.3, -0.25) is 4.98 Å². The maximum Gasteiger partial charge on any atom is 0.337 e. The molecular weight excluding hydrogens is 331 g/mol. The average molecular weight is 341 g/mol. The Hall–Kier alpha value is -2.97. The highest BCUT2D eigenvalue weighted by molar-refractivity contribution is 6.34. The third kappa shape index (κ3) is 2.68. The van der Waals surface area contributed by atoms with Gasteiger partial charge in [0.05, 0.1) is 34.8 Å². The number of carbonyl (C=O) groups is 1. The van der Waals surface area contributed by atoms with Crippen molar-refractivity contribution in [1.29, 1.82) is 5.26 Å². The molecule has 24 heavy (non-hydrogen) atoms. The molecule has 0 amide bonds. The number of hydrogen-bond donors (Lipinski definition) is 0. The molecular formula is C18H10ClFN2O2.